The van der Waals surface area contributed by atoms with Crippen LogP contribution < -0.4 is 10.6 Å². The summed E-state index contributed by atoms with van der Waals surface area (Å²) in [4.78, 5) is 28.6. The molecule has 0 radical (unpaired) electrons. The number of hydrogen-bond donors (Lipinski definition) is 5. The molecule has 106 valence electrons. The Morgan fingerprint density at radius 1 is 1.47 bits per heavy atom. The maximum Gasteiger partial charge on any atom is 0.314 e. The third-order valence-corrected chi connectivity index (χ3v) is 2.40. The molecule has 2 amide bonds. The predicted molar refractivity (Wildman–Crippen MR) is 66.6 cm³/mol. The molecule has 0 saturated heterocycles. The molecule has 0 aliphatic carbocycles. The highest BCUT2D eigenvalue weighted by atomic mass is 16.4. The number of nitrogens with zero attached hydrogens (tertiary/aromatic N) is 1. The molecule has 1 unspecified atom stereocenters. The molecule has 0 bridgehead atoms. The summed E-state index contributed by atoms with van der Waals surface area (Å²) in [6.07, 6.45) is 3.40. The van der Waals surface area contributed by atoms with Gasteiger partial charge in [-0.05, 0) is 6.92 Å². The summed E-state index contributed by atoms with van der Waals surface area (Å²) < 4.78 is 0. The van der Waals surface area contributed by atoms with Gasteiger partial charge >= 0.3 is 12.0 Å². The number of rotatable bonds is 7. The van der Waals surface area contributed by atoms with E-state index in [1.54, 1.807) is 12.5 Å². The van der Waals surface area contributed by atoms with Crippen LogP contribution >= 0.6 is 0 Å². The number of urea groups is 1. The van der Waals surface area contributed by atoms with Crippen molar-refractivity contribution in [3.05, 3.63) is 18.2 Å². The maximum absolute atomic E-state index is 11.4. The molecule has 0 aliphatic heterocycles. The first kappa shape index (κ1) is 15.0. The topological polar surface area (TPSA) is 127 Å². The second-order valence-electron chi connectivity index (χ2n) is 4.50. The fraction of sp³-hybridized carbons (Fsp3) is 0.545. The Morgan fingerprint density at radius 2 is 2.21 bits per heavy atom. The van der Waals surface area contributed by atoms with E-state index >= 15 is 0 Å². The number of carbonyl (C=O) groups is 2. The lowest BCUT2D eigenvalue weighted by molar-refractivity contribution is -0.141. The van der Waals surface area contributed by atoms with Crippen LogP contribution in [0, 0.1) is 0 Å². The van der Waals surface area contributed by atoms with Gasteiger partial charge in [0.05, 0.1) is 18.3 Å². The first-order valence-corrected chi connectivity index (χ1v) is 5.82. The van der Waals surface area contributed by atoms with Crippen molar-refractivity contribution in [2.45, 2.75) is 25.4 Å². The number of aromatic amines is 1. The van der Waals surface area contributed by atoms with Crippen molar-refractivity contribution in [3.8, 4) is 0 Å². The fourth-order valence-electron chi connectivity index (χ4n) is 1.45. The normalized spacial score (nSPS) is 13.6. The number of aromatic nitrogens is 2. The van der Waals surface area contributed by atoms with Crippen molar-refractivity contribution in [2.75, 3.05) is 13.1 Å². The van der Waals surface area contributed by atoms with Crippen LogP contribution in [0.2, 0.25) is 0 Å². The fourth-order valence-corrected chi connectivity index (χ4v) is 1.45. The Hall–Kier alpha value is -2.09. The number of hydrogen-bond acceptors (Lipinski definition) is 4. The Kier molecular flexibility index (Phi) is 5.31. The largest absolute Gasteiger partial charge is 0.481 e. The molecule has 0 aliphatic rings. The lowest BCUT2D eigenvalue weighted by atomic mass is 10.0. The highest BCUT2D eigenvalue weighted by molar-refractivity contribution is 5.74. The highest BCUT2D eigenvalue weighted by Crippen LogP contribution is 2.06. The van der Waals surface area contributed by atoms with Gasteiger partial charge in [0.25, 0.3) is 0 Å². The van der Waals surface area contributed by atoms with Crippen molar-refractivity contribution >= 4 is 12.0 Å². The van der Waals surface area contributed by atoms with Gasteiger partial charge in [-0.3, -0.25) is 4.79 Å². The summed E-state index contributed by atoms with van der Waals surface area (Å²) in [6.45, 7) is 1.64. The maximum atomic E-state index is 11.4. The molecule has 1 atom stereocenters. The third-order valence-electron chi connectivity index (χ3n) is 2.40. The van der Waals surface area contributed by atoms with Gasteiger partial charge in [-0.2, -0.15) is 0 Å². The van der Waals surface area contributed by atoms with Crippen molar-refractivity contribution in [2.24, 2.45) is 0 Å². The SMILES string of the molecule is CC(O)(CNC(=O)NCCc1cnc[nH]1)CC(=O)O. The standard InChI is InChI=1S/C11H18N4O4/c1-11(19,4-9(16)17)6-14-10(18)13-3-2-8-5-12-7-15-8/h5,7,19H,2-4,6H2,1H3,(H,12,15)(H,16,17)(H2,13,14,18). The van der Waals surface area contributed by atoms with Crippen LogP contribution in [0.15, 0.2) is 12.5 Å². The molecular formula is C11H18N4O4. The van der Waals surface area contributed by atoms with E-state index in [4.69, 9.17) is 5.11 Å². The predicted octanol–water partition coefficient (Wildman–Crippen LogP) is -0.523. The zero-order valence-corrected chi connectivity index (χ0v) is 10.6. The van der Waals surface area contributed by atoms with Crippen molar-refractivity contribution < 1.29 is 19.8 Å². The summed E-state index contributed by atoms with van der Waals surface area (Å²) in [7, 11) is 0. The van der Waals surface area contributed by atoms with Crippen molar-refractivity contribution in [3.63, 3.8) is 0 Å². The molecular weight excluding hydrogens is 252 g/mol. The van der Waals surface area contributed by atoms with Gasteiger partial charge < -0.3 is 25.8 Å². The quantitative estimate of drug-likeness (QED) is 0.455. The smallest absolute Gasteiger partial charge is 0.314 e. The molecule has 0 spiro atoms. The van der Waals surface area contributed by atoms with Gasteiger partial charge in [0.1, 0.15) is 0 Å². The molecule has 1 aromatic heterocycles. The lowest BCUT2D eigenvalue weighted by Gasteiger charge is -2.21. The molecule has 8 nitrogen and oxygen atoms in total. The van der Waals surface area contributed by atoms with Crippen LogP contribution in [0.3, 0.4) is 0 Å². The number of carboxylic acids is 1. The molecule has 0 aromatic carbocycles. The molecule has 1 aromatic rings. The van der Waals surface area contributed by atoms with E-state index in [0.29, 0.717) is 13.0 Å². The zero-order valence-electron chi connectivity index (χ0n) is 10.6. The van der Waals surface area contributed by atoms with Gasteiger partial charge in [0.15, 0.2) is 0 Å². The monoisotopic (exact) mass is 270 g/mol. The molecule has 5 N–H and O–H groups in total. The van der Waals surface area contributed by atoms with Gasteiger partial charge in [-0.15, -0.1) is 0 Å². The van der Waals surface area contributed by atoms with Crippen molar-refractivity contribution in [1.82, 2.24) is 20.6 Å². The van der Waals surface area contributed by atoms with E-state index in [0.717, 1.165) is 5.69 Å². The number of carbonyl (C=O) groups excluding carboxylic acids is 1. The van der Waals surface area contributed by atoms with Crippen LogP contribution in [-0.4, -0.2) is 50.9 Å². The minimum Gasteiger partial charge on any atom is -0.481 e. The summed E-state index contributed by atoms with van der Waals surface area (Å²) in [5, 5.41) is 23.2. The minimum atomic E-state index is -1.47. The lowest BCUT2D eigenvalue weighted by Crippen LogP contribution is -2.46. The van der Waals surface area contributed by atoms with E-state index in [-0.39, 0.29) is 6.54 Å². The van der Waals surface area contributed by atoms with Gasteiger partial charge in [-0.1, -0.05) is 0 Å². The van der Waals surface area contributed by atoms with E-state index < -0.39 is 24.0 Å². The summed E-state index contributed by atoms with van der Waals surface area (Å²) >= 11 is 0. The van der Waals surface area contributed by atoms with Gasteiger partial charge in [0.2, 0.25) is 0 Å². The van der Waals surface area contributed by atoms with Crippen LogP contribution in [-0.2, 0) is 11.2 Å². The molecule has 0 fully saturated rings. The van der Waals surface area contributed by atoms with Crippen LogP contribution in [0.1, 0.15) is 19.0 Å². The number of amides is 2. The van der Waals surface area contributed by atoms with E-state index in [9.17, 15) is 14.7 Å². The highest BCUT2D eigenvalue weighted by Gasteiger charge is 2.24. The molecule has 19 heavy (non-hydrogen) atoms. The van der Waals surface area contributed by atoms with Crippen LogP contribution in [0.5, 0.6) is 0 Å². The summed E-state index contributed by atoms with van der Waals surface area (Å²) in [6, 6.07) is -0.454. The Balaban J connectivity index is 2.18. The third kappa shape index (κ3) is 6.41. The molecule has 0 saturated carbocycles. The number of H-pyrrole nitrogens is 1. The number of carboxylic acid groups (broad SMARTS) is 1. The van der Waals surface area contributed by atoms with Crippen LogP contribution in [0.25, 0.3) is 0 Å². The van der Waals surface area contributed by atoms with Crippen molar-refractivity contribution in [1.29, 1.82) is 0 Å². The minimum absolute atomic E-state index is 0.130. The second kappa shape index (κ2) is 6.74. The van der Waals surface area contributed by atoms with E-state index in [2.05, 4.69) is 20.6 Å². The van der Waals surface area contributed by atoms with Crippen LogP contribution in [0.4, 0.5) is 4.79 Å². The Labute approximate surface area is 110 Å². The molecule has 8 heteroatoms. The first-order valence-electron chi connectivity index (χ1n) is 5.82. The van der Waals surface area contributed by atoms with Gasteiger partial charge in [0, 0.05) is 31.4 Å². The number of imidazole rings is 1. The number of aliphatic carboxylic acids is 1. The number of nitrogens with one attached hydrogen (secondary N) is 3. The zero-order chi connectivity index (χ0) is 14.3. The second-order valence-corrected chi connectivity index (χ2v) is 4.50. The summed E-state index contributed by atoms with van der Waals surface area (Å²) in [5.74, 6) is -1.12. The average molecular weight is 270 g/mol. The van der Waals surface area contributed by atoms with E-state index in [1.165, 1.54) is 6.92 Å². The Bertz CT molecular complexity index is 416. The average Bonchev–Trinajstić information content (AvgIpc) is 2.78. The summed E-state index contributed by atoms with van der Waals surface area (Å²) in [5.41, 5.74) is -0.565. The number of aliphatic hydroxyl groups is 1. The first-order chi connectivity index (χ1) is 8.89. The van der Waals surface area contributed by atoms with Gasteiger partial charge in [-0.25, -0.2) is 9.78 Å². The molecule has 1 rings (SSSR count). The Morgan fingerprint density at radius 3 is 2.79 bits per heavy atom. The van der Waals surface area contributed by atoms with E-state index in [1.807, 2.05) is 0 Å². The molecule has 1 heterocycles.